The molecule has 6 heteroatoms. The van der Waals surface area contributed by atoms with Crippen molar-refractivity contribution in [2.45, 2.75) is 122 Å². The van der Waals surface area contributed by atoms with Gasteiger partial charge in [0, 0.05) is 18.3 Å². The molecule has 0 aliphatic heterocycles. The van der Waals surface area contributed by atoms with Gasteiger partial charge in [-0.3, -0.25) is 9.59 Å². The standard InChI is InChI=1S/C45H58O6/c1-11-39(46)43(7,8)48-30-28-41(3,4)50-37-23-19-35(20-24-37)45(27-15-18-33-16-13-14-17-34(33)32-45)36-21-25-38(26-22-36)51-42(5,6)29-31-49-44(9,10)40(47)12-2/h11-14,16-17,19-26H,1-2,15,18,27-32H2,3-10H3. The molecule has 0 saturated carbocycles. The minimum Gasteiger partial charge on any atom is -0.488 e. The first-order valence-electron chi connectivity index (χ1n) is 18.2. The molecule has 274 valence electrons. The third kappa shape index (κ3) is 10.3. The Hall–Kier alpha value is -4.00. The lowest BCUT2D eigenvalue weighted by molar-refractivity contribution is -0.136. The normalized spacial score (nSPS) is 14.9. The molecule has 0 saturated heterocycles. The van der Waals surface area contributed by atoms with Crippen molar-refractivity contribution in [3.8, 4) is 11.5 Å². The molecule has 0 amide bonds. The average Bonchev–Trinajstić information content (AvgIpc) is 3.28. The number of rotatable bonds is 18. The zero-order valence-corrected chi connectivity index (χ0v) is 32.1. The van der Waals surface area contributed by atoms with E-state index in [1.165, 1.54) is 34.4 Å². The van der Waals surface area contributed by atoms with Crippen LogP contribution in [0.4, 0.5) is 0 Å². The molecule has 0 fully saturated rings. The minimum absolute atomic E-state index is 0.137. The highest BCUT2D eigenvalue weighted by Crippen LogP contribution is 2.44. The van der Waals surface area contributed by atoms with E-state index in [9.17, 15) is 9.59 Å². The zero-order chi connectivity index (χ0) is 37.5. The van der Waals surface area contributed by atoms with E-state index < -0.39 is 22.4 Å². The van der Waals surface area contributed by atoms with Gasteiger partial charge in [0.2, 0.25) is 0 Å². The van der Waals surface area contributed by atoms with Gasteiger partial charge >= 0.3 is 0 Å². The summed E-state index contributed by atoms with van der Waals surface area (Å²) in [6, 6.07) is 26.0. The lowest BCUT2D eigenvalue weighted by atomic mass is 9.68. The molecule has 6 nitrogen and oxygen atoms in total. The van der Waals surface area contributed by atoms with Crippen molar-refractivity contribution in [1.82, 2.24) is 0 Å². The van der Waals surface area contributed by atoms with Gasteiger partial charge in [0.05, 0.1) is 13.2 Å². The molecule has 0 radical (unpaired) electrons. The van der Waals surface area contributed by atoms with Crippen LogP contribution in [0.3, 0.4) is 0 Å². The van der Waals surface area contributed by atoms with Crippen LogP contribution in [0.2, 0.25) is 0 Å². The summed E-state index contributed by atoms with van der Waals surface area (Å²) in [6.07, 6.45) is 7.88. The van der Waals surface area contributed by atoms with Crippen molar-refractivity contribution in [3.63, 3.8) is 0 Å². The topological polar surface area (TPSA) is 71.1 Å². The molecular weight excluding hydrogens is 636 g/mol. The lowest BCUT2D eigenvalue weighted by Gasteiger charge is -2.35. The maximum atomic E-state index is 12.1. The van der Waals surface area contributed by atoms with Crippen molar-refractivity contribution >= 4 is 11.6 Å². The first kappa shape index (κ1) is 39.8. The van der Waals surface area contributed by atoms with Gasteiger partial charge in [-0.05, 0) is 140 Å². The molecule has 0 unspecified atom stereocenters. The van der Waals surface area contributed by atoms with Crippen LogP contribution in [0.15, 0.2) is 98.1 Å². The predicted octanol–water partition coefficient (Wildman–Crippen LogP) is 9.75. The van der Waals surface area contributed by atoms with Crippen LogP contribution in [-0.2, 0) is 37.3 Å². The molecule has 0 spiro atoms. The van der Waals surface area contributed by atoms with Gasteiger partial charge < -0.3 is 18.9 Å². The first-order chi connectivity index (χ1) is 23.9. The summed E-state index contributed by atoms with van der Waals surface area (Å²) in [5, 5.41) is 0. The van der Waals surface area contributed by atoms with E-state index in [2.05, 4.69) is 86.0 Å². The molecule has 1 aliphatic rings. The van der Waals surface area contributed by atoms with Gasteiger partial charge in [0.15, 0.2) is 11.6 Å². The van der Waals surface area contributed by atoms with E-state index in [-0.39, 0.29) is 17.0 Å². The molecular formula is C45H58O6. The number of carbonyl (C=O) groups excluding carboxylic acids is 2. The largest absolute Gasteiger partial charge is 0.488 e. The van der Waals surface area contributed by atoms with E-state index in [1.54, 1.807) is 27.7 Å². The summed E-state index contributed by atoms with van der Waals surface area (Å²) >= 11 is 0. The second-order valence-corrected chi connectivity index (χ2v) is 16.0. The summed E-state index contributed by atoms with van der Waals surface area (Å²) in [7, 11) is 0. The highest BCUT2D eigenvalue weighted by Gasteiger charge is 2.37. The summed E-state index contributed by atoms with van der Waals surface area (Å²) in [6.45, 7) is 23.2. The van der Waals surface area contributed by atoms with Crippen molar-refractivity contribution < 1.29 is 28.5 Å². The second kappa shape index (κ2) is 16.1. The zero-order valence-electron chi connectivity index (χ0n) is 32.1. The molecule has 0 N–H and O–H groups in total. The van der Waals surface area contributed by atoms with Gasteiger partial charge in [-0.2, -0.15) is 0 Å². The number of carbonyl (C=O) groups is 2. The molecule has 0 bridgehead atoms. The maximum absolute atomic E-state index is 12.1. The Labute approximate surface area is 306 Å². The predicted molar refractivity (Wildman–Crippen MR) is 206 cm³/mol. The van der Waals surface area contributed by atoms with E-state index in [0.717, 1.165) is 37.2 Å². The van der Waals surface area contributed by atoms with Gasteiger partial charge in [-0.25, -0.2) is 0 Å². The van der Waals surface area contributed by atoms with Gasteiger partial charge in [0.25, 0.3) is 0 Å². The third-order valence-electron chi connectivity index (χ3n) is 10.2. The van der Waals surface area contributed by atoms with Crippen molar-refractivity contribution in [1.29, 1.82) is 0 Å². The SMILES string of the molecule is C=CC(=O)C(C)(C)OCCC(C)(C)Oc1ccc(C2(c3ccc(OC(C)(C)CCOC(C)(C)C(=O)C=C)cc3)CCCc3ccccc3C2)cc1. The fraction of sp³-hybridized carbons (Fsp3) is 0.467. The van der Waals surface area contributed by atoms with Crippen molar-refractivity contribution in [2.75, 3.05) is 13.2 Å². The van der Waals surface area contributed by atoms with Crippen LogP contribution in [0.1, 0.15) is 103 Å². The average molecular weight is 695 g/mol. The summed E-state index contributed by atoms with van der Waals surface area (Å²) in [5.74, 6) is 1.31. The Morgan fingerprint density at radius 2 is 1.06 bits per heavy atom. The van der Waals surface area contributed by atoms with Gasteiger partial charge in [0.1, 0.15) is 33.9 Å². The molecule has 3 aromatic carbocycles. The maximum Gasteiger partial charge on any atom is 0.186 e. The number of ether oxygens (including phenoxy) is 4. The van der Waals surface area contributed by atoms with Gasteiger partial charge in [-0.15, -0.1) is 0 Å². The van der Waals surface area contributed by atoms with E-state index in [1.807, 2.05) is 27.7 Å². The fourth-order valence-corrected chi connectivity index (χ4v) is 6.79. The van der Waals surface area contributed by atoms with Crippen LogP contribution in [0.25, 0.3) is 0 Å². The Morgan fingerprint density at radius 3 is 1.47 bits per heavy atom. The lowest BCUT2D eigenvalue weighted by Crippen LogP contribution is -2.37. The number of fused-ring (bicyclic) bond motifs is 1. The summed E-state index contributed by atoms with van der Waals surface area (Å²) < 4.78 is 24.7. The molecule has 51 heavy (non-hydrogen) atoms. The minimum atomic E-state index is -0.911. The molecule has 0 aromatic heterocycles. The quantitative estimate of drug-likeness (QED) is 0.0976. The Morgan fingerprint density at radius 1 is 0.647 bits per heavy atom. The molecule has 0 atom stereocenters. The number of hydrogen-bond acceptors (Lipinski definition) is 6. The van der Waals surface area contributed by atoms with E-state index in [4.69, 9.17) is 18.9 Å². The van der Waals surface area contributed by atoms with Crippen molar-refractivity contribution in [2.24, 2.45) is 0 Å². The van der Waals surface area contributed by atoms with E-state index in [0.29, 0.717) is 26.1 Å². The smallest absolute Gasteiger partial charge is 0.186 e. The van der Waals surface area contributed by atoms with Crippen LogP contribution < -0.4 is 9.47 Å². The number of benzene rings is 3. The Kier molecular flexibility index (Phi) is 12.6. The second-order valence-electron chi connectivity index (χ2n) is 16.0. The third-order valence-corrected chi connectivity index (χ3v) is 10.2. The number of hydrogen-bond donors (Lipinski definition) is 0. The highest BCUT2D eigenvalue weighted by atomic mass is 16.5. The Balaban J connectivity index is 1.53. The number of aryl methyl sites for hydroxylation is 1. The monoisotopic (exact) mass is 694 g/mol. The summed E-state index contributed by atoms with van der Waals surface area (Å²) in [5.41, 5.74) is 2.25. The van der Waals surface area contributed by atoms with Crippen LogP contribution >= 0.6 is 0 Å². The molecule has 4 rings (SSSR count). The highest BCUT2D eigenvalue weighted by molar-refractivity contribution is 5.96. The van der Waals surface area contributed by atoms with Crippen molar-refractivity contribution in [3.05, 3.63) is 120 Å². The van der Waals surface area contributed by atoms with Crippen LogP contribution in [-0.4, -0.2) is 47.2 Å². The number of ketones is 2. The van der Waals surface area contributed by atoms with E-state index >= 15 is 0 Å². The Bertz CT molecular complexity index is 1560. The molecule has 3 aromatic rings. The molecule has 0 heterocycles. The van der Waals surface area contributed by atoms with Gasteiger partial charge in [-0.1, -0.05) is 61.7 Å². The fourth-order valence-electron chi connectivity index (χ4n) is 6.79. The summed E-state index contributed by atoms with van der Waals surface area (Å²) in [4.78, 5) is 24.2. The first-order valence-corrected chi connectivity index (χ1v) is 18.2. The van der Waals surface area contributed by atoms with Crippen LogP contribution in [0, 0.1) is 0 Å². The molecule has 1 aliphatic carbocycles. The van der Waals surface area contributed by atoms with Crippen LogP contribution in [0.5, 0.6) is 11.5 Å².